The molecule has 5 nitrogen and oxygen atoms in total. The molecule has 134 valence electrons. The summed E-state index contributed by atoms with van der Waals surface area (Å²) in [4.78, 5) is 0. The molecule has 0 saturated carbocycles. The Balaban J connectivity index is 1.96. The van der Waals surface area contributed by atoms with Crippen LogP contribution in [0.15, 0.2) is 30.3 Å². The van der Waals surface area contributed by atoms with E-state index in [1.54, 1.807) is 13.2 Å². The third-order valence-electron chi connectivity index (χ3n) is 4.71. The van der Waals surface area contributed by atoms with Crippen molar-refractivity contribution in [2.24, 2.45) is 0 Å². The molecule has 0 fully saturated rings. The van der Waals surface area contributed by atoms with Gasteiger partial charge in [0.1, 0.15) is 6.10 Å². The topological polar surface area (TPSA) is 68.2 Å². The van der Waals surface area contributed by atoms with Crippen molar-refractivity contribution in [1.29, 1.82) is 0 Å². The van der Waals surface area contributed by atoms with Crippen LogP contribution in [0.25, 0.3) is 0 Å². The Morgan fingerprint density at radius 1 is 1.08 bits per heavy atom. The van der Waals surface area contributed by atoms with Gasteiger partial charge in [0.05, 0.1) is 14.2 Å². The molecule has 2 atom stereocenters. The number of hydrogen-bond acceptors (Lipinski definition) is 5. The smallest absolute Gasteiger partial charge is 0.165 e. The number of rotatable bonds is 6. The van der Waals surface area contributed by atoms with Crippen molar-refractivity contribution >= 4 is 0 Å². The van der Waals surface area contributed by atoms with E-state index < -0.39 is 0 Å². The van der Waals surface area contributed by atoms with Crippen molar-refractivity contribution in [2.75, 3.05) is 20.8 Å². The first-order chi connectivity index (χ1) is 12.1. The Hall–Kier alpha value is -2.40. The molecule has 0 spiro atoms. The number of hydrogen-bond donors (Lipinski definition) is 2. The zero-order valence-electron chi connectivity index (χ0n) is 14.8. The first kappa shape index (κ1) is 17.4. The second kappa shape index (κ2) is 7.23. The summed E-state index contributed by atoms with van der Waals surface area (Å²) in [6.07, 6.45) is 1.34. The van der Waals surface area contributed by atoms with Crippen LogP contribution in [0.3, 0.4) is 0 Å². The molecule has 1 aliphatic rings. The molecule has 2 aromatic carbocycles. The van der Waals surface area contributed by atoms with Crippen LogP contribution in [0.4, 0.5) is 0 Å². The first-order valence-electron chi connectivity index (χ1n) is 8.44. The summed E-state index contributed by atoms with van der Waals surface area (Å²) in [6.45, 7) is 2.28. The summed E-state index contributed by atoms with van der Waals surface area (Å²) >= 11 is 0. The van der Waals surface area contributed by atoms with E-state index in [1.807, 2.05) is 18.2 Å². The Bertz CT molecular complexity index is 756. The van der Waals surface area contributed by atoms with Crippen LogP contribution in [0.2, 0.25) is 0 Å². The van der Waals surface area contributed by atoms with Crippen LogP contribution in [0, 0.1) is 0 Å². The van der Waals surface area contributed by atoms with Gasteiger partial charge in [0.15, 0.2) is 23.0 Å². The lowest BCUT2D eigenvalue weighted by Crippen LogP contribution is -2.07. The fourth-order valence-corrected chi connectivity index (χ4v) is 3.35. The standard InChI is InChI=1S/C20H24O5/c1-12-15-9-13(5-4-8-21)10-18(24-3)20(15)25-19(12)14-6-7-16(22)17(11-14)23-2/h6-7,9-12,19,21-22H,4-5,8H2,1-3H3. The van der Waals surface area contributed by atoms with Gasteiger partial charge in [0, 0.05) is 18.1 Å². The van der Waals surface area contributed by atoms with E-state index >= 15 is 0 Å². The van der Waals surface area contributed by atoms with E-state index in [2.05, 4.69) is 13.0 Å². The van der Waals surface area contributed by atoms with Gasteiger partial charge in [0.2, 0.25) is 0 Å². The number of aliphatic hydroxyl groups excluding tert-OH is 1. The van der Waals surface area contributed by atoms with Crippen LogP contribution in [-0.2, 0) is 6.42 Å². The van der Waals surface area contributed by atoms with Gasteiger partial charge < -0.3 is 24.4 Å². The van der Waals surface area contributed by atoms with Gasteiger partial charge in [0.25, 0.3) is 0 Å². The normalized spacial score (nSPS) is 18.6. The minimum atomic E-state index is -0.175. The summed E-state index contributed by atoms with van der Waals surface area (Å²) in [5.41, 5.74) is 3.17. The highest BCUT2D eigenvalue weighted by molar-refractivity contribution is 5.55. The fourth-order valence-electron chi connectivity index (χ4n) is 3.35. The van der Waals surface area contributed by atoms with E-state index in [9.17, 15) is 5.11 Å². The predicted octanol–water partition coefficient (Wildman–Crippen LogP) is 3.57. The van der Waals surface area contributed by atoms with Gasteiger partial charge in [-0.05, 0) is 42.2 Å². The number of aliphatic hydroxyl groups is 1. The van der Waals surface area contributed by atoms with E-state index in [0.717, 1.165) is 35.3 Å². The van der Waals surface area contributed by atoms with Crippen molar-refractivity contribution in [2.45, 2.75) is 31.8 Å². The van der Waals surface area contributed by atoms with Crippen molar-refractivity contribution < 1.29 is 24.4 Å². The molecular formula is C20H24O5. The third kappa shape index (κ3) is 3.24. The molecule has 0 amide bonds. The van der Waals surface area contributed by atoms with E-state index in [1.165, 1.54) is 7.11 Å². The molecule has 0 aliphatic carbocycles. The summed E-state index contributed by atoms with van der Waals surface area (Å²) in [7, 11) is 3.17. The summed E-state index contributed by atoms with van der Waals surface area (Å²) in [6, 6.07) is 9.39. The second-order valence-electron chi connectivity index (χ2n) is 6.30. The molecule has 2 aromatic rings. The zero-order valence-corrected chi connectivity index (χ0v) is 14.8. The number of phenolic OH excluding ortho intramolecular Hbond substituents is 1. The fraction of sp³-hybridized carbons (Fsp3) is 0.400. The molecule has 3 rings (SSSR count). The summed E-state index contributed by atoms with van der Waals surface area (Å²) in [5, 5.41) is 18.9. The monoisotopic (exact) mass is 344 g/mol. The molecule has 5 heteroatoms. The van der Waals surface area contributed by atoms with Crippen molar-refractivity contribution in [3.63, 3.8) is 0 Å². The highest BCUT2D eigenvalue weighted by Crippen LogP contribution is 2.51. The largest absolute Gasteiger partial charge is 0.504 e. The van der Waals surface area contributed by atoms with Gasteiger partial charge in [-0.15, -0.1) is 0 Å². The number of methoxy groups -OCH3 is 2. The Kier molecular flexibility index (Phi) is 5.04. The quantitative estimate of drug-likeness (QED) is 0.838. The van der Waals surface area contributed by atoms with Crippen molar-refractivity contribution in [1.82, 2.24) is 0 Å². The number of ether oxygens (including phenoxy) is 3. The SMILES string of the molecule is COc1cc(C2Oc3c(OC)cc(CCCO)cc3C2C)ccc1O. The molecule has 0 saturated heterocycles. The molecule has 0 radical (unpaired) electrons. The first-order valence-corrected chi connectivity index (χ1v) is 8.44. The molecular weight excluding hydrogens is 320 g/mol. The van der Waals surface area contributed by atoms with Gasteiger partial charge in [-0.2, -0.15) is 0 Å². The zero-order chi connectivity index (χ0) is 18.0. The predicted molar refractivity (Wildman–Crippen MR) is 94.8 cm³/mol. The van der Waals surface area contributed by atoms with Crippen LogP contribution in [0.1, 0.15) is 42.1 Å². The number of benzene rings is 2. The van der Waals surface area contributed by atoms with Crippen LogP contribution in [0.5, 0.6) is 23.0 Å². The lowest BCUT2D eigenvalue weighted by Gasteiger charge is -2.17. The van der Waals surface area contributed by atoms with Gasteiger partial charge in [-0.25, -0.2) is 0 Å². The van der Waals surface area contributed by atoms with E-state index in [0.29, 0.717) is 11.5 Å². The molecule has 1 aliphatic heterocycles. The van der Waals surface area contributed by atoms with Gasteiger partial charge in [-0.3, -0.25) is 0 Å². The lowest BCUT2D eigenvalue weighted by molar-refractivity contribution is 0.207. The Morgan fingerprint density at radius 2 is 1.84 bits per heavy atom. The average Bonchev–Trinajstić information content (AvgIpc) is 2.96. The summed E-state index contributed by atoms with van der Waals surface area (Å²) in [5.74, 6) is 2.15. The number of phenols is 1. The summed E-state index contributed by atoms with van der Waals surface area (Å²) < 4.78 is 16.9. The number of aryl methyl sites for hydroxylation is 1. The van der Waals surface area contributed by atoms with Crippen LogP contribution < -0.4 is 14.2 Å². The maximum Gasteiger partial charge on any atom is 0.165 e. The van der Waals surface area contributed by atoms with Crippen LogP contribution >= 0.6 is 0 Å². The molecule has 1 heterocycles. The molecule has 2 N–H and O–H groups in total. The number of fused-ring (bicyclic) bond motifs is 1. The molecule has 25 heavy (non-hydrogen) atoms. The number of aromatic hydroxyl groups is 1. The Labute approximate surface area is 147 Å². The van der Waals surface area contributed by atoms with E-state index in [4.69, 9.17) is 19.3 Å². The molecule has 0 bridgehead atoms. The highest BCUT2D eigenvalue weighted by Gasteiger charge is 2.35. The van der Waals surface area contributed by atoms with Gasteiger partial charge >= 0.3 is 0 Å². The second-order valence-corrected chi connectivity index (χ2v) is 6.30. The molecule has 2 unspecified atom stereocenters. The van der Waals surface area contributed by atoms with Crippen molar-refractivity contribution in [3.8, 4) is 23.0 Å². The Morgan fingerprint density at radius 3 is 2.52 bits per heavy atom. The maximum absolute atomic E-state index is 9.81. The maximum atomic E-state index is 9.81. The van der Waals surface area contributed by atoms with E-state index in [-0.39, 0.29) is 24.4 Å². The van der Waals surface area contributed by atoms with Gasteiger partial charge in [-0.1, -0.05) is 19.1 Å². The lowest BCUT2D eigenvalue weighted by atomic mass is 9.91. The minimum Gasteiger partial charge on any atom is -0.504 e. The van der Waals surface area contributed by atoms with Crippen LogP contribution in [-0.4, -0.2) is 31.0 Å². The highest BCUT2D eigenvalue weighted by atomic mass is 16.5. The average molecular weight is 344 g/mol. The minimum absolute atomic E-state index is 0.110. The van der Waals surface area contributed by atoms with Crippen molar-refractivity contribution in [3.05, 3.63) is 47.0 Å². The third-order valence-corrected chi connectivity index (χ3v) is 4.71. The molecule has 0 aromatic heterocycles.